The molecule has 3 atom stereocenters. The molecule has 3 unspecified atom stereocenters. The molecule has 0 aliphatic carbocycles. The minimum Gasteiger partial charge on any atom is -0.411 e. The normalized spacial score (nSPS) is 35.1. The van der Waals surface area contributed by atoms with Gasteiger partial charge in [0.05, 0.1) is 17.7 Å². The van der Waals surface area contributed by atoms with Gasteiger partial charge < -0.3 is 14.8 Å². The summed E-state index contributed by atoms with van der Waals surface area (Å²) in [5.74, 6) is 0.383. The standard InChI is InChI=1S/C13H22N2O3/c1-3-12-10(5-7-18-12)13(16)15-6-4-11(14-17)9(2)8-15/h9-10,12,17H,3-8H2,1-2H3. The number of hydrogen-bond donors (Lipinski definition) is 1. The Kier molecular flexibility index (Phi) is 4.22. The topological polar surface area (TPSA) is 62.1 Å². The molecule has 2 aliphatic rings. The highest BCUT2D eigenvalue weighted by atomic mass is 16.5. The van der Waals surface area contributed by atoms with Crippen molar-refractivity contribution in [3.8, 4) is 0 Å². The van der Waals surface area contributed by atoms with Gasteiger partial charge in [-0.25, -0.2) is 0 Å². The molecule has 2 aliphatic heterocycles. The first kappa shape index (κ1) is 13.3. The van der Waals surface area contributed by atoms with Crippen LogP contribution in [-0.4, -0.2) is 47.5 Å². The molecule has 0 spiro atoms. The maximum absolute atomic E-state index is 12.5. The first-order chi connectivity index (χ1) is 8.67. The smallest absolute Gasteiger partial charge is 0.228 e. The number of carbonyl (C=O) groups is 1. The van der Waals surface area contributed by atoms with E-state index in [2.05, 4.69) is 12.1 Å². The Morgan fingerprint density at radius 1 is 1.61 bits per heavy atom. The van der Waals surface area contributed by atoms with Gasteiger partial charge in [-0.2, -0.15) is 0 Å². The minimum atomic E-state index is 0.0230. The SMILES string of the molecule is CCC1OCCC1C(=O)N1CCC(=NO)C(C)C1. The molecule has 0 bridgehead atoms. The molecule has 102 valence electrons. The van der Waals surface area contributed by atoms with Gasteiger partial charge in [0.15, 0.2) is 0 Å². The molecule has 0 aromatic carbocycles. The highest BCUT2D eigenvalue weighted by Crippen LogP contribution is 2.27. The van der Waals surface area contributed by atoms with Crippen LogP contribution in [0.3, 0.4) is 0 Å². The number of oxime groups is 1. The summed E-state index contributed by atoms with van der Waals surface area (Å²) in [7, 11) is 0. The molecule has 5 nitrogen and oxygen atoms in total. The molecule has 2 heterocycles. The fourth-order valence-electron chi connectivity index (χ4n) is 2.94. The Bertz CT molecular complexity index is 343. The molecule has 0 saturated carbocycles. The number of piperidine rings is 1. The van der Waals surface area contributed by atoms with Crippen LogP contribution in [0.1, 0.15) is 33.1 Å². The van der Waals surface area contributed by atoms with Crippen molar-refractivity contribution in [2.24, 2.45) is 17.0 Å². The van der Waals surface area contributed by atoms with Gasteiger partial charge in [-0.1, -0.05) is 19.0 Å². The highest BCUT2D eigenvalue weighted by Gasteiger charge is 2.37. The summed E-state index contributed by atoms with van der Waals surface area (Å²) in [4.78, 5) is 14.4. The number of nitrogens with zero attached hydrogens (tertiary/aromatic N) is 2. The van der Waals surface area contributed by atoms with Crippen LogP contribution in [0.4, 0.5) is 0 Å². The Morgan fingerprint density at radius 3 is 3.00 bits per heavy atom. The average Bonchev–Trinajstić information content (AvgIpc) is 2.86. The Morgan fingerprint density at radius 2 is 2.39 bits per heavy atom. The predicted molar refractivity (Wildman–Crippen MR) is 67.7 cm³/mol. The molecule has 1 amide bonds. The van der Waals surface area contributed by atoms with Gasteiger partial charge in [0.1, 0.15) is 0 Å². The zero-order chi connectivity index (χ0) is 13.1. The number of carbonyl (C=O) groups excluding carboxylic acids is 1. The fourth-order valence-corrected chi connectivity index (χ4v) is 2.94. The van der Waals surface area contributed by atoms with Crippen molar-refractivity contribution in [2.45, 2.75) is 39.2 Å². The van der Waals surface area contributed by atoms with Crippen molar-refractivity contribution in [1.29, 1.82) is 0 Å². The van der Waals surface area contributed by atoms with Gasteiger partial charge in [0, 0.05) is 32.0 Å². The van der Waals surface area contributed by atoms with Crippen LogP contribution >= 0.6 is 0 Å². The van der Waals surface area contributed by atoms with Crippen molar-refractivity contribution in [3.05, 3.63) is 0 Å². The minimum absolute atomic E-state index is 0.0230. The Labute approximate surface area is 108 Å². The third-order valence-electron chi connectivity index (χ3n) is 4.07. The molecular weight excluding hydrogens is 232 g/mol. The maximum Gasteiger partial charge on any atom is 0.228 e. The summed E-state index contributed by atoms with van der Waals surface area (Å²) in [5.41, 5.74) is 0.800. The van der Waals surface area contributed by atoms with E-state index < -0.39 is 0 Å². The quantitative estimate of drug-likeness (QED) is 0.600. The lowest BCUT2D eigenvalue weighted by Crippen LogP contribution is -2.47. The molecule has 18 heavy (non-hydrogen) atoms. The molecular formula is C13H22N2O3. The summed E-state index contributed by atoms with van der Waals surface area (Å²) in [6, 6.07) is 0. The molecule has 2 fully saturated rings. The molecule has 0 aromatic rings. The monoisotopic (exact) mass is 254 g/mol. The molecule has 2 rings (SSSR count). The second-order valence-corrected chi connectivity index (χ2v) is 5.24. The van der Waals surface area contributed by atoms with Crippen LogP contribution in [0.5, 0.6) is 0 Å². The van der Waals surface area contributed by atoms with Crippen molar-refractivity contribution in [2.75, 3.05) is 19.7 Å². The van der Waals surface area contributed by atoms with Crippen molar-refractivity contribution in [1.82, 2.24) is 4.90 Å². The number of ether oxygens (including phenoxy) is 1. The van der Waals surface area contributed by atoms with Gasteiger partial charge >= 0.3 is 0 Å². The van der Waals surface area contributed by atoms with Crippen molar-refractivity contribution < 1.29 is 14.7 Å². The van der Waals surface area contributed by atoms with E-state index in [4.69, 9.17) is 9.94 Å². The third kappa shape index (κ3) is 2.51. The van der Waals surface area contributed by atoms with Crippen LogP contribution in [0.2, 0.25) is 0 Å². The fraction of sp³-hybridized carbons (Fsp3) is 0.846. The van der Waals surface area contributed by atoms with Gasteiger partial charge in [-0.3, -0.25) is 4.79 Å². The second-order valence-electron chi connectivity index (χ2n) is 5.24. The van der Waals surface area contributed by atoms with Crippen LogP contribution in [0, 0.1) is 11.8 Å². The number of likely N-dealkylation sites (tertiary alicyclic amines) is 1. The summed E-state index contributed by atoms with van der Waals surface area (Å²) < 4.78 is 5.58. The molecule has 1 N–H and O–H groups in total. The van der Waals surface area contributed by atoms with E-state index in [9.17, 15) is 4.79 Å². The largest absolute Gasteiger partial charge is 0.411 e. The predicted octanol–water partition coefficient (Wildman–Crippen LogP) is 1.50. The van der Waals surface area contributed by atoms with Gasteiger partial charge in [-0.05, 0) is 12.8 Å². The summed E-state index contributed by atoms with van der Waals surface area (Å²) >= 11 is 0. The Hall–Kier alpha value is -1.10. The number of rotatable bonds is 2. The number of hydrogen-bond acceptors (Lipinski definition) is 4. The third-order valence-corrected chi connectivity index (χ3v) is 4.07. The lowest BCUT2D eigenvalue weighted by Gasteiger charge is -2.34. The zero-order valence-electron chi connectivity index (χ0n) is 11.1. The lowest BCUT2D eigenvalue weighted by atomic mass is 9.93. The second kappa shape index (κ2) is 5.69. The zero-order valence-corrected chi connectivity index (χ0v) is 11.1. The van der Waals surface area contributed by atoms with Crippen LogP contribution in [0.15, 0.2) is 5.16 Å². The first-order valence-corrected chi connectivity index (χ1v) is 6.78. The van der Waals surface area contributed by atoms with E-state index in [1.54, 1.807) is 0 Å². The van der Waals surface area contributed by atoms with E-state index in [1.807, 2.05) is 11.8 Å². The summed E-state index contributed by atoms with van der Waals surface area (Å²) in [6.07, 6.45) is 2.49. The average molecular weight is 254 g/mol. The van der Waals surface area contributed by atoms with E-state index >= 15 is 0 Å². The lowest BCUT2D eigenvalue weighted by molar-refractivity contribution is -0.138. The van der Waals surface area contributed by atoms with Crippen LogP contribution < -0.4 is 0 Å². The molecule has 0 radical (unpaired) electrons. The van der Waals surface area contributed by atoms with E-state index in [-0.39, 0.29) is 23.8 Å². The first-order valence-electron chi connectivity index (χ1n) is 6.78. The van der Waals surface area contributed by atoms with E-state index in [0.29, 0.717) is 26.1 Å². The van der Waals surface area contributed by atoms with Crippen LogP contribution in [-0.2, 0) is 9.53 Å². The Balaban J connectivity index is 1.98. The highest BCUT2D eigenvalue weighted by molar-refractivity contribution is 5.89. The van der Waals surface area contributed by atoms with Gasteiger partial charge in [0.2, 0.25) is 5.91 Å². The van der Waals surface area contributed by atoms with Crippen molar-refractivity contribution in [3.63, 3.8) is 0 Å². The summed E-state index contributed by atoms with van der Waals surface area (Å²) in [6.45, 7) is 6.07. The molecule has 2 saturated heterocycles. The van der Waals surface area contributed by atoms with Crippen molar-refractivity contribution >= 4 is 11.6 Å². The van der Waals surface area contributed by atoms with E-state index in [1.165, 1.54) is 0 Å². The number of amides is 1. The van der Waals surface area contributed by atoms with Crippen LogP contribution in [0.25, 0.3) is 0 Å². The van der Waals surface area contributed by atoms with Gasteiger partial charge in [0.25, 0.3) is 0 Å². The molecule has 0 aromatic heterocycles. The molecule has 5 heteroatoms. The maximum atomic E-state index is 12.5. The van der Waals surface area contributed by atoms with Gasteiger partial charge in [-0.15, -0.1) is 0 Å². The van der Waals surface area contributed by atoms with E-state index in [0.717, 1.165) is 18.6 Å². The summed E-state index contributed by atoms with van der Waals surface area (Å²) in [5, 5.41) is 12.1.